The van der Waals surface area contributed by atoms with Gasteiger partial charge in [0.1, 0.15) is 0 Å². The largest absolute Gasteiger partial charge is 0.490 e. The topological polar surface area (TPSA) is 61.5 Å². The molecule has 0 unspecified atom stereocenters. The molecule has 2 rings (SSSR count). The van der Waals surface area contributed by atoms with Crippen molar-refractivity contribution in [2.75, 3.05) is 19.5 Å². The van der Waals surface area contributed by atoms with Gasteiger partial charge in [-0.15, -0.1) is 10.2 Å². The summed E-state index contributed by atoms with van der Waals surface area (Å²) >= 11 is 1.53. The summed E-state index contributed by atoms with van der Waals surface area (Å²) in [6.07, 6.45) is 7.17. The molecule has 0 N–H and O–H groups in total. The van der Waals surface area contributed by atoms with Crippen molar-refractivity contribution in [3.63, 3.8) is 0 Å². The molecule has 1 aromatic carbocycles. The Bertz CT molecular complexity index is 744. The van der Waals surface area contributed by atoms with Crippen LogP contribution >= 0.6 is 11.8 Å². The SMILES string of the molecule is CCCCCOc1ccc(/C=N\n2c(SC)nnc2C(C)C)cc1OCC. The maximum atomic E-state index is 5.89. The van der Waals surface area contributed by atoms with Crippen LogP contribution in [0, 0.1) is 0 Å². The first kappa shape index (κ1) is 21.3. The van der Waals surface area contributed by atoms with Gasteiger partial charge in [0.05, 0.1) is 19.4 Å². The van der Waals surface area contributed by atoms with Gasteiger partial charge in [-0.1, -0.05) is 45.4 Å². The molecule has 27 heavy (non-hydrogen) atoms. The smallest absolute Gasteiger partial charge is 0.211 e. The molecule has 0 saturated heterocycles. The van der Waals surface area contributed by atoms with Crippen molar-refractivity contribution >= 4 is 18.0 Å². The predicted octanol–water partition coefficient (Wildman–Crippen LogP) is 4.97. The summed E-state index contributed by atoms with van der Waals surface area (Å²) in [5.41, 5.74) is 0.940. The second kappa shape index (κ2) is 11.0. The molecule has 2 aromatic rings. The van der Waals surface area contributed by atoms with Crippen molar-refractivity contribution in [2.24, 2.45) is 5.10 Å². The van der Waals surface area contributed by atoms with Crippen LogP contribution in [0.1, 0.15) is 64.3 Å². The van der Waals surface area contributed by atoms with Crippen LogP contribution in [-0.2, 0) is 0 Å². The molecular formula is C20H30N4O2S. The maximum absolute atomic E-state index is 5.89. The van der Waals surface area contributed by atoms with E-state index < -0.39 is 0 Å². The lowest BCUT2D eigenvalue weighted by molar-refractivity contribution is 0.271. The number of thioether (sulfide) groups is 1. The van der Waals surface area contributed by atoms with Crippen LogP contribution in [0.15, 0.2) is 28.5 Å². The Balaban J connectivity index is 2.20. The number of ether oxygens (including phenoxy) is 2. The van der Waals surface area contributed by atoms with Crippen molar-refractivity contribution in [2.45, 2.75) is 58.0 Å². The van der Waals surface area contributed by atoms with Gasteiger partial charge in [0.25, 0.3) is 0 Å². The molecule has 1 heterocycles. The third kappa shape index (κ3) is 5.99. The fraction of sp³-hybridized carbons (Fsp3) is 0.550. The predicted molar refractivity (Wildman–Crippen MR) is 112 cm³/mol. The van der Waals surface area contributed by atoms with Crippen molar-refractivity contribution in [1.29, 1.82) is 0 Å². The van der Waals surface area contributed by atoms with Crippen LogP contribution in [0.4, 0.5) is 0 Å². The Morgan fingerprint density at radius 1 is 1.15 bits per heavy atom. The second-order valence-corrected chi connectivity index (χ2v) is 7.22. The molecule has 0 aliphatic heterocycles. The van der Waals surface area contributed by atoms with E-state index in [-0.39, 0.29) is 5.92 Å². The minimum atomic E-state index is 0.244. The fourth-order valence-corrected chi connectivity index (χ4v) is 2.96. The maximum Gasteiger partial charge on any atom is 0.211 e. The third-order valence-corrected chi connectivity index (χ3v) is 4.55. The average Bonchev–Trinajstić information content (AvgIpc) is 3.08. The number of rotatable bonds is 11. The first-order valence-corrected chi connectivity index (χ1v) is 10.8. The number of hydrogen-bond acceptors (Lipinski definition) is 6. The molecule has 0 aliphatic rings. The van der Waals surface area contributed by atoms with Gasteiger partial charge < -0.3 is 9.47 Å². The van der Waals surface area contributed by atoms with E-state index in [1.807, 2.05) is 31.4 Å². The monoisotopic (exact) mass is 390 g/mol. The normalized spacial score (nSPS) is 11.5. The van der Waals surface area contributed by atoms with E-state index in [4.69, 9.17) is 9.47 Å². The molecule has 0 amide bonds. The van der Waals surface area contributed by atoms with E-state index in [1.54, 1.807) is 10.9 Å². The highest BCUT2D eigenvalue weighted by Gasteiger charge is 2.13. The van der Waals surface area contributed by atoms with Gasteiger partial charge in [0.2, 0.25) is 5.16 Å². The standard InChI is InChI=1S/C20H30N4O2S/c1-6-8-9-12-26-17-11-10-16(13-18(17)25-7-2)14-21-24-19(15(3)4)22-23-20(24)27-5/h10-11,13-15H,6-9,12H2,1-5H3/b21-14-. The van der Waals surface area contributed by atoms with Gasteiger partial charge in [0.15, 0.2) is 17.3 Å². The molecule has 0 aliphatic carbocycles. The summed E-state index contributed by atoms with van der Waals surface area (Å²) in [4.78, 5) is 0. The summed E-state index contributed by atoms with van der Waals surface area (Å²) in [7, 11) is 0. The van der Waals surface area contributed by atoms with Gasteiger partial charge in [-0.2, -0.15) is 9.78 Å². The van der Waals surface area contributed by atoms with E-state index in [1.165, 1.54) is 24.6 Å². The molecule has 0 bridgehead atoms. The van der Waals surface area contributed by atoms with Crippen LogP contribution < -0.4 is 9.47 Å². The summed E-state index contributed by atoms with van der Waals surface area (Å²) < 4.78 is 13.4. The molecule has 0 fully saturated rings. The average molecular weight is 391 g/mol. The van der Waals surface area contributed by atoms with Gasteiger partial charge in [0, 0.05) is 5.92 Å². The van der Waals surface area contributed by atoms with Crippen LogP contribution in [0.25, 0.3) is 0 Å². The lowest BCUT2D eigenvalue weighted by Gasteiger charge is -2.12. The molecule has 6 nitrogen and oxygen atoms in total. The lowest BCUT2D eigenvalue weighted by atomic mass is 10.2. The summed E-state index contributed by atoms with van der Waals surface area (Å²) in [5, 5.41) is 13.8. The number of nitrogens with zero attached hydrogens (tertiary/aromatic N) is 4. The van der Waals surface area contributed by atoms with Gasteiger partial charge in [-0.05, 0) is 43.4 Å². The highest BCUT2D eigenvalue weighted by Crippen LogP contribution is 2.28. The molecule has 7 heteroatoms. The Morgan fingerprint density at radius 3 is 2.63 bits per heavy atom. The highest BCUT2D eigenvalue weighted by molar-refractivity contribution is 7.98. The van der Waals surface area contributed by atoms with Crippen molar-refractivity contribution in [3.8, 4) is 11.5 Å². The molecule has 148 valence electrons. The minimum absolute atomic E-state index is 0.244. The molecule has 0 atom stereocenters. The summed E-state index contributed by atoms with van der Waals surface area (Å²) in [5.74, 6) is 2.61. The zero-order valence-corrected chi connectivity index (χ0v) is 17.8. The molecule has 1 aromatic heterocycles. The molecule has 0 saturated carbocycles. The van der Waals surface area contributed by atoms with Crippen LogP contribution in [0.5, 0.6) is 11.5 Å². The molecule has 0 spiro atoms. The van der Waals surface area contributed by atoms with Crippen molar-refractivity contribution < 1.29 is 9.47 Å². The fourth-order valence-electron chi connectivity index (χ4n) is 2.52. The molecular weight excluding hydrogens is 360 g/mol. The quantitative estimate of drug-likeness (QED) is 0.308. The number of unbranched alkanes of at least 4 members (excludes halogenated alkanes) is 2. The Hall–Kier alpha value is -2.02. The van der Waals surface area contributed by atoms with E-state index in [9.17, 15) is 0 Å². The van der Waals surface area contributed by atoms with E-state index in [2.05, 4.69) is 36.1 Å². The van der Waals surface area contributed by atoms with Crippen molar-refractivity contribution in [3.05, 3.63) is 29.6 Å². The second-order valence-electron chi connectivity index (χ2n) is 6.45. The lowest BCUT2D eigenvalue weighted by Crippen LogP contribution is -2.03. The van der Waals surface area contributed by atoms with Gasteiger partial charge in [-0.3, -0.25) is 0 Å². The number of benzene rings is 1. The highest BCUT2D eigenvalue weighted by atomic mass is 32.2. The third-order valence-electron chi connectivity index (χ3n) is 3.93. The van der Waals surface area contributed by atoms with E-state index >= 15 is 0 Å². The Labute approximate surface area is 166 Å². The van der Waals surface area contributed by atoms with Crippen LogP contribution in [0.3, 0.4) is 0 Å². The Morgan fingerprint density at radius 2 is 1.96 bits per heavy atom. The first-order valence-electron chi connectivity index (χ1n) is 9.53. The number of aromatic nitrogens is 3. The number of hydrogen-bond donors (Lipinski definition) is 0. The van der Waals surface area contributed by atoms with Gasteiger partial charge in [-0.25, -0.2) is 0 Å². The van der Waals surface area contributed by atoms with Crippen molar-refractivity contribution in [1.82, 2.24) is 14.9 Å². The van der Waals surface area contributed by atoms with Gasteiger partial charge >= 0.3 is 0 Å². The van der Waals surface area contributed by atoms with E-state index in [0.717, 1.165) is 34.5 Å². The molecule has 0 radical (unpaired) electrons. The zero-order chi connectivity index (χ0) is 19.6. The van der Waals surface area contributed by atoms with Crippen LogP contribution in [0.2, 0.25) is 0 Å². The van der Waals surface area contributed by atoms with Crippen LogP contribution in [-0.4, -0.2) is 40.6 Å². The first-order chi connectivity index (χ1) is 13.1. The minimum Gasteiger partial charge on any atom is -0.490 e. The zero-order valence-electron chi connectivity index (χ0n) is 16.9. The summed E-state index contributed by atoms with van der Waals surface area (Å²) in [6.45, 7) is 9.61. The van der Waals surface area contributed by atoms with E-state index in [0.29, 0.717) is 13.2 Å². The summed E-state index contributed by atoms with van der Waals surface area (Å²) in [6, 6.07) is 5.89. The Kier molecular flexibility index (Phi) is 8.64.